The second-order valence-corrected chi connectivity index (χ2v) is 6.32. The Morgan fingerprint density at radius 2 is 2.00 bits per heavy atom. The van der Waals surface area contributed by atoms with Gasteiger partial charge >= 0.3 is 0 Å². The third-order valence-electron chi connectivity index (χ3n) is 4.59. The average Bonchev–Trinajstić information content (AvgIpc) is 2.61. The highest BCUT2D eigenvalue weighted by molar-refractivity contribution is 5.83. The van der Waals surface area contributed by atoms with Gasteiger partial charge in [-0.25, -0.2) is 0 Å². The van der Waals surface area contributed by atoms with Gasteiger partial charge in [0.15, 0.2) is 0 Å². The number of piperidine rings is 1. The van der Waals surface area contributed by atoms with Crippen molar-refractivity contribution in [2.24, 2.45) is 0 Å². The second kappa shape index (κ2) is 9.13. The van der Waals surface area contributed by atoms with Gasteiger partial charge in [0.2, 0.25) is 5.91 Å². The fourth-order valence-electron chi connectivity index (χ4n) is 3.16. The van der Waals surface area contributed by atoms with E-state index in [9.17, 15) is 20.1 Å². The van der Waals surface area contributed by atoms with Crippen molar-refractivity contribution in [3.8, 4) is 0 Å². The zero-order valence-electron chi connectivity index (χ0n) is 14.1. The quantitative estimate of drug-likeness (QED) is 0.559. The Morgan fingerprint density at radius 1 is 1.29 bits per heavy atom. The van der Waals surface area contributed by atoms with Gasteiger partial charge in [0.25, 0.3) is 0 Å². The molecule has 0 aliphatic carbocycles. The molecule has 0 bridgehead atoms. The predicted molar refractivity (Wildman–Crippen MR) is 91.4 cm³/mol. The zero-order valence-corrected chi connectivity index (χ0v) is 14.1. The number of hydrogen-bond acceptors (Lipinski definition) is 5. The van der Waals surface area contributed by atoms with Crippen LogP contribution in [0.25, 0.3) is 0 Å². The Hall–Kier alpha value is -1.47. The molecule has 6 nitrogen and oxygen atoms in total. The van der Waals surface area contributed by atoms with Gasteiger partial charge in [-0.2, -0.15) is 0 Å². The summed E-state index contributed by atoms with van der Waals surface area (Å²) >= 11 is 0. The summed E-state index contributed by atoms with van der Waals surface area (Å²) < 4.78 is 0. The fraction of sp³-hybridized carbons (Fsp3) is 0.611. The van der Waals surface area contributed by atoms with E-state index in [1.165, 1.54) is 5.56 Å². The molecule has 6 heteroatoms. The summed E-state index contributed by atoms with van der Waals surface area (Å²) in [4.78, 5) is 14.4. The third kappa shape index (κ3) is 4.77. The lowest BCUT2D eigenvalue weighted by Crippen LogP contribution is -2.63. The molecule has 1 aliphatic heterocycles. The maximum absolute atomic E-state index is 12.7. The molecule has 1 heterocycles. The maximum atomic E-state index is 12.7. The normalized spacial score (nSPS) is 27.0. The van der Waals surface area contributed by atoms with Crippen molar-refractivity contribution in [3.63, 3.8) is 0 Å². The Balaban J connectivity index is 1.92. The number of carbonyl (C=O) groups is 1. The number of rotatable bonds is 7. The number of likely N-dealkylation sites (N-methyl/N-ethyl adjacent to an activating group) is 1. The van der Waals surface area contributed by atoms with Crippen LogP contribution in [0.15, 0.2) is 30.3 Å². The number of nitrogens with one attached hydrogen (secondary N) is 1. The van der Waals surface area contributed by atoms with Crippen LogP contribution >= 0.6 is 0 Å². The molecule has 2 rings (SSSR count). The first kappa shape index (κ1) is 18.9. The molecule has 4 atom stereocenters. The molecule has 1 aromatic carbocycles. The number of nitrogens with zero attached hydrogens (tertiary/aromatic N) is 1. The summed E-state index contributed by atoms with van der Waals surface area (Å²) in [5.74, 6) is -0.227. The molecular weight excluding hydrogens is 308 g/mol. The van der Waals surface area contributed by atoms with Gasteiger partial charge in [0.1, 0.15) is 12.1 Å². The van der Waals surface area contributed by atoms with Crippen LogP contribution in [0.4, 0.5) is 0 Å². The Labute approximate surface area is 143 Å². The molecule has 134 valence electrons. The van der Waals surface area contributed by atoms with Gasteiger partial charge in [-0.3, -0.25) is 10.1 Å². The van der Waals surface area contributed by atoms with Crippen LogP contribution in [0.1, 0.15) is 25.3 Å². The average molecular weight is 336 g/mol. The number of benzene rings is 1. The second-order valence-electron chi connectivity index (χ2n) is 6.32. The highest BCUT2D eigenvalue weighted by Gasteiger charge is 2.40. The summed E-state index contributed by atoms with van der Waals surface area (Å²) in [5.41, 5.74) is 1.23. The lowest BCUT2D eigenvalue weighted by molar-refractivity contribution is -0.142. The number of hydrogen-bond donors (Lipinski definition) is 4. The summed E-state index contributed by atoms with van der Waals surface area (Å²) in [7, 11) is 0. The molecule has 0 spiro atoms. The monoisotopic (exact) mass is 336 g/mol. The van der Waals surface area contributed by atoms with Gasteiger partial charge in [0, 0.05) is 19.1 Å². The Bertz CT molecular complexity index is 511. The van der Waals surface area contributed by atoms with Crippen molar-refractivity contribution in [1.29, 1.82) is 0 Å². The van der Waals surface area contributed by atoms with Crippen LogP contribution in [0.5, 0.6) is 0 Å². The van der Waals surface area contributed by atoms with Crippen molar-refractivity contribution >= 4 is 5.91 Å². The van der Waals surface area contributed by atoms with Gasteiger partial charge in [-0.1, -0.05) is 30.3 Å². The molecule has 1 fully saturated rings. The van der Waals surface area contributed by atoms with Crippen molar-refractivity contribution in [2.45, 2.75) is 50.5 Å². The highest BCUT2D eigenvalue weighted by Crippen LogP contribution is 2.17. The number of carbonyl (C=O) groups excluding carboxylic acids is 1. The first-order valence-corrected chi connectivity index (χ1v) is 8.62. The Kier molecular flexibility index (Phi) is 7.17. The molecule has 24 heavy (non-hydrogen) atoms. The van der Waals surface area contributed by atoms with E-state index in [0.29, 0.717) is 13.1 Å². The van der Waals surface area contributed by atoms with E-state index in [0.717, 1.165) is 12.8 Å². The van der Waals surface area contributed by atoms with Gasteiger partial charge in [-0.05, 0) is 31.7 Å². The minimum atomic E-state index is -1.15. The van der Waals surface area contributed by atoms with Gasteiger partial charge < -0.3 is 20.2 Å². The standard InChI is InChI=1S/C18H28N2O4/c1-2-20(10-6-9-13-7-4-3-5-8-13)18(24)16-17(23)15(22)11-14(12-21)19-16/h3-5,7-8,14-17,19,21-23H,2,6,9-12H2,1H3/t14-,15-,16-,17-/m0/s1. The fourth-order valence-corrected chi connectivity index (χ4v) is 3.16. The minimum absolute atomic E-state index is 0.173. The van der Waals surface area contributed by atoms with Crippen LogP contribution in [0, 0.1) is 0 Å². The van der Waals surface area contributed by atoms with Gasteiger partial charge in [-0.15, -0.1) is 0 Å². The van der Waals surface area contributed by atoms with Crippen molar-refractivity contribution < 1.29 is 20.1 Å². The van der Waals surface area contributed by atoms with Crippen molar-refractivity contribution in [2.75, 3.05) is 19.7 Å². The third-order valence-corrected chi connectivity index (χ3v) is 4.59. The molecule has 0 saturated carbocycles. The molecule has 1 aliphatic rings. The molecule has 4 N–H and O–H groups in total. The van der Waals surface area contributed by atoms with E-state index in [2.05, 4.69) is 17.4 Å². The lowest BCUT2D eigenvalue weighted by atomic mass is 9.92. The lowest BCUT2D eigenvalue weighted by Gasteiger charge is -2.38. The largest absolute Gasteiger partial charge is 0.395 e. The van der Waals surface area contributed by atoms with E-state index in [-0.39, 0.29) is 25.0 Å². The number of aryl methyl sites for hydroxylation is 1. The number of amides is 1. The topological polar surface area (TPSA) is 93.0 Å². The van der Waals surface area contributed by atoms with E-state index in [1.807, 2.05) is 25.1 Å². The number of aliphatic hydroxyl groups is 3. The zero-order chi connectivity index (χ0) is 17.5. The van der Waals surface area contributed by atoms with Gasteiger partial charge in [0.05, 0.1) is 12.7 Å². The van der Waals surface area contributed by atoms with E-state index < -0.39 is 18.2 Å². The minimum Gasteiger partial charge on any atom is -0.395 e. The van der Waals surface area contributed by atoms with Crippen LogP contribution in [0.3, 0.4) is 0 Å². The van der Waals surface area contributed by atoms with E-state index in [1.54, 1.807) is 4.90 Å². The first-order valence-electron chi connectivity index (χ1n) is 8.62. The first-order chi connectivity index (χ1) is 11.6. The van der Waals surface area contributed by atoms with Crippen LogP contribution in [-0.2, 0) is 11.2 Å². The van der Waals surface area contributed by atoms with Crippen LogP contribution in [-0.4, -0.2) is 70.1 Å². The summed E-state index contributed by atoms with van der Waals surface area (Å²) in [6, 6.07) is 8.85. The van der Waals surface area contributed by atoms with E-state index in [4.69, 9.17) is 0 Å². The smallest absolute Gasteiger partial charge is 0.242 e. The van der Waals surface area contributed by atoms with Crippen LogP contribution in [0.2, 0.25) is 0 Å². The molecule has 1 aromatic rings. The van der Waals surface area contributed by atoms with E-state index >= 15 is 0 Å². The summed E-state index contributed by atoms with van der Waals surface area (Å²) in [6.45, 7) is 2.86. The molecule has 0 aromatic heterocycles. The van der Waals surface area contributed by atoms with Crippen molar-refractivity contribution in [3.05, 3.63) is 35.9 Å². The summed E-state index contributed by atoms with van der Waals surface area (Å²) in [5, 5.41) is 32.3. The highest BCUT2D eigenvalue weighted by atomic mass is 16.3. The predicted octanol–water partition coefficient (Wildman–Crippen LogP) is -0.0877. The molecule has 1 amide bonds. The van der Waals surface area contributed by atoms with Crippen molar-refractivity contribution in [1.82, 2.24) is 10.2 Å². The molecule has 1 saturated heterocycles. The SMILES string of the molecule is CCN(CCCc1ccccc1)C(=O)[C@H]1N[C@H](CO)C[C@H](O)[C@@H]1O. The van der Waals surface area contributed by atoms with Crippen LogP contribution < -0.4 is 5.32 Å². The Morgan fingerprint density at radius 3 is 2.62 bits per heavy atom. The maximum Gasteiger partial charge on any atom is 0.242 e. The summed E-state index contributed by atoms with van der Waals surface area (Å²) in [6.07, 6.45) is -0.198. The molecule has 0 radical (unpaired) electrons. The molecule has 0 unspecified atom stereocenters. The number of aliphatic hydroxyl groups excluding tert-OH is 3. The molecular formula is C18H28N2O4.